The normalized spacial score (nSPS) is 17.9. The molecule has 1 aliphatic heterocycles. The molecular formula is C14H22BrN3O3S2. The third-order valence-corrected chi connectivity index (χ3v) is 6.80. The largest absolute Gasteiger partial charge is 0.340 e. The molecule has 1 saturated heterocycles. The lowest BCUT2D eigenvalue weighted by atomic mass is 10.3. The van der Waals surface area contributed by atoms with E-state index in [4.69, 9.17) is 0 Å². The van der Waals surface area contributed by atoms with Crippen molar-refractivity contribution in [1.82, 2.24) is 14.1 Å². The summed E-state index contributed by atoms with van der Waals surface area (Å²) in [5, 5.41) is 2.00. The van der Waals surface area contributed by atoms with Crippen molar-refractivity contribution >= 4 is 43.2 Å². The fourth-order valence-corrected chi connectivity index (χ4v) is 4.89. The van der Waals surface area contributed by atoms with Crippen LogP contribution >= 0.6 is 27.3 Å². The van der Waals surface area contributed by atoms with Crippen LogP contribution in [0, 0.1) is 0 Å². The Morgan fingerprint density at radius 2 is 2.09 bits per heavy atom. The van der Waals surface area contributed by atoms with Crippen molar-refractivity contribution in [3.63, 3.8) is 0 Å². The van der Waals surface area contributed by atoms with Gasteiger partial charge in [0.05, 0.1) is 19.3 Å². The van der Waals surface area contributed by atoms with Crippen molar-refractivity contribution in [1.29, 1.82) is 0 Å². The average molecular weight is 424 g/mol. The van der Waals surface area contributed by atoms with Gasteiger partial charge < -0.3 is 4.90 Å². The minimum absolute atomic E-state index is 0.0577. The first-order chi connectivity index (χ1) is 10.8. The summed E-state index contributed by atoms with van der Waals surface area (Å²) in [4.78, 5) is 17.2. The van der Waals surface area contributed by atoms with Crippen LogP contribution in [-0.4, -0.2) is 74.5 Å². The Morgan fingerprint density at radius 3 is 2.70 bits per heavy atom. The molecule has 1 amide bonds. The van der Waals surface area contributed by atoms with Crippen LogP contribution in [-0.2, 0) is 21.4 Å². The second-order valence-electron chi connectivity index (χ2n) is 5.77. The molecule has 0 bridgehead atoms. The number of hydrogen-bond acceptors (Lipinski definition) is 5. The van der Waals surface area contributed by atoms with Crippen LogP contribution in [0.3, 0.4) is 0 Å². The zero-order valence-corrected chi connectivity index (χ0v) is 16.6. The van der Waals surface area contributed by atoms with E-state index in [1.54, 1.807) is 23.3 Å². The van der Waals surface area contributed by atoms with Crippen LogP contribution in [0.2, 0.25) is 0 Å². The van der Waals surface area contributed by atoms with Crippen molar-refractivity contribution in [2.45, 2.75) is 13.0 Å². The fourth-order valence-electron chi connectivity index (χ4n) is 2.51. The number of hydrogen-bond donors (Lipinski definition) is 0. The summed E-state index contributed by atoms with van der Waals surface area (Å²) in [7, 11) is -1.35. The summed E-state index contributed by atoms with van der Waals surface area (Å²) < 4.78 is 25.7. The van der Waals surface area contributed by atoms with Crippen LogP contribution in [0.4, 0.5) is 0 Å². The summed E-state index contributed by atoms with van der Waals surface area (Å²) >= 11 is 5.03. The van der Waals surface area contributed by atoms with Gasteiger partial charge in [-0.05, 0) is 35.0 Å². The van der Waals surface area contributed by atoms with Crippen LogP contribution in [0.1, 0.15) is 11.3 Å². The number of amides is 1. The lowest BCUT2D eigenvalue weighted by molar-refractivity contribution is -0.131. The third-order valence-electron chi connectivity index (χ3n) is 3.82. The van der Waals surface area contributed by atoms with Gasteiger partial charge in [0, 0.05) is 41.4 Å². The van der Waals surface area contributed by atoms with Crippen molar-refractivity contribution < 1.29 is 13.2 Å². The van der Waals surface area contributed by atoms with Crippen molar-refractivity contribution in [3.05, 3.63) is 20.8 Å². The van der Waals surface area contributed by atoms with Crippen molar-refractivity contribution in [3.8, 4) is 0 Å². The standard InChI is InChI=1S/C14H22BrN3O3S2/c1-16(9-13-8-12(15)11-22-13)14(19)10-17-4-3-5-18(7-6-17)23(2,20)21/h8,11H,3-7,9-10H2,1-2H3. The van der Waals surface area contributed by atoms with Gasteiger partial charge in [0.15, 0.2) is 0 Å². The minimum Gasteiger partial charge on any atom is -0.340 e. The second kappa shape index (κ2) is 8.06. The van der Waals surface area contributed by atoms with E-state index >= 15 is 0 Å². The quantitative estimate of drug-likeness (QED) is 0.718. The molecule has 0 unspecified atom stereocenters. The van der Waals surface area contributed by atoms with E-state index in [0.717, 1.165) is 22.3 Å². The van der Waals surface area contributed by atoms with E-state index in [2.05, 4.69) is 15.9 Å². The fraction of sp³-hybridized carbons (Fsp3) is 0.643. The van der Waals surface area contributed by atoms with Gasteiger partial charge in [-0.2, -0.15) is 0 Å². The lowest BCUT2D eigenvalue weighted by Crippen LogP contribution is -2.40. The van der Waals surface area contributed by atoms with Gasteiger partial charge in [0.25, 0.3) is 0 Å². The molecule has 0 spiro atoms. The first-order valence-corrected chi connectivity index (χ1v) is 10.9. The number of likely N-dealkylation sites (N-methyl/N-ethyl adjacent to an activating group) is 1. The highest BCUT2D eigenvalue weighted by Gasteiger charge is 2.23. The molecule has 0 aliphatic carbocycles. The van der Waals surface area contributed by atoms with Gasteiger partial charge in [0.1, 0.15) is 0 Å². The smallest absolute Gasteiger partial charge is 0.236 e. The van der Waals surface area contributed by atoms with E-state index in [9.17, 15) is 13.2 Å². The number of carbonyl (C=O) groups is 1. The predicted octanol–water partition coefficient (Wildman–Crippen LogP) is 1.44. The molecular weight excluding hydrogens is 402 g/mol. The number of thiophene rings is 1. The van der Waals surface area contributed by atoms with Gasteiger partial charge >= 0.3 is 0 Å². The third kappa shape index (κ3) is 5.82. The summed E-state index contributed by atoms with van der Waals surface area (Å²) in [5.74, 6) is 0.0577. The Bertz CT molecular complexity index is 647. The Balaban J connectivity index is 1.85. The van der Waals surface area contributed by atoms with Crippen LogP contribution in [0.5, 0.6) is 0 Å². The molecule has 23 heavy (non-hydrogen) atoms. The summed E-state index contributed by atoms with van der Waals surface area (Å²) in [6.45, 7) is 3.25. The van der Waals surface area contributed by atoms with Gasteiger partial charge in [-0.15, -0.1) is 11.3 Å². The van der Waals surface area contributed by atoms with E-state index < -0.39 is 10.0 Å². The monoisotopic (exact) mass is 423 g/mol. The SMILES string of the molecule is CN(Cc1cc(Br)cs1)C(=O)CN1CCCN(S(C)(=O)=O)CC1. The molecule has 2 rings (SSSR count). The number of nitrogens with zero attached hydrogens (tertiary/aromatic N) is 3. The first kappa shape index (κ1) is 18.9. The number of sulfonamides is 1. The van der Waals surface area contributed by atoms with Crippen molar-refractivity contribution in [2.24, 2.45) is 0 Å². The molecule has 1 aromatic heterocycles. The number of rotatable bonds is 5. The zero-order chi connectivity index (χ0) is 17.0. The summed E-state index contributed by atoms with van der Waals surface area (Å²) in [5.41, 5.74) is 0. The maximum absolute atomic E-state index is 12.4. The van der Waals surface area contributed by atoms with Gasteiger partial charge in [-0.3, -0.25) is 9.69 Å². The molecule has 1 aliphatic rings. The van der Waals surface area contributed by atoms with Gasteiger partial charge in [-0.1, -0.05) is 0 Å². The topological polar surface area (TPSA) is 60.9 Å². The molecule has 0 aromatic carbocycles. The minimum atomic E-state index is -3.15. The Morgan fingerprint density at radius 1 is 1.35 bits per heavy atom. The maximum atomic E-state index is 12.4. The highest BCUT2D eigenvalue weighted by molar-refractivity contribution is 9.10. The summed E-state index contributed by atoms with van der Waals surface area (Å²) in [6, 6.07) is 2.02. The first-order valence-electron chi connectivity index (χ1n) is 7.40. The highest BCUT2D eigenvalue weighted by Crippen LogP contribution is 2.20. The van der Waals surface area contributed by atoms with Crippen molar-refractivity contribution in [2.75, 3.05) is 46.0 Å². The predicted molar refractivity (Wildman–Crippen MR) is 96.0 cm³/mol. The number of carbonyl (C=O) groups excluding carboxylic acids is 1. The molecule has 1 fully saturated rings. The molecule has 9 heteroatoms. The Kier molecular flexibility index (Phi) is 6.61. The molecule has 0 atom stereocenters. The molecule has 0 N–H and O–H groups in total. The van der Waals surface area contributed by atoms with E-state index in [-0.39, 0.29) is 5.91 Å². The molecule has 1 aromatic rings. The summed E-state index contributed by atoms with van der Waals surface area (Å²) in [6.07, 6.45) is 1.99. The van der Waals surface area contributed by atoms with Gasteiger partial charge in [0.2, 0.25) is 15.9 Å². The molecule has 130 valence electrons. The average Bonchev–Trinajstić information content (AvgIpc) is 2.72. The molecule has 6 nitrogen and oxygen atoms in total. The molecule has 0 radical (unpaired) electrons. The lowest BCUT2D eigenvalue weighted by Gasteiger charge is -2.23. The van der Waals surface area contributed by atoms with E-state index in [1.165, 1.54) is 10.6 Å². The highest BCUT2D eigenvalue weighted by atomic mass is 79.9. The van der Waals surface area contributed by atoms with E-state index in [1.807, 2.05) is 16.3 Å². The van der Waals surface area contributed by atoms with Crippen LogP contribution in [0.25, 0.3) is 0 Å². The van der Waals surface area contributed by atoms with Gasteiger partial charge in [-0.25, -0.2) is 12.7 Å². The number of halogens is 1. The second-order valence-corrected chi connectivity index (χ2v) is 9.67. The molecule has 0 saturated carbocycles. The molecule has 2 heterocycles. The van der Waals surface area contributed by atoms with E-state index in [0.29, 0.717) is 32.7 Å². The van der Waals surface area contributed by atoms with Crippen LogP contribution < -0.4 is 0 Å². The zero-order valence-electron chi connectivity index (χ0n) is 13.4. The van der Waals surface area contributed by atoms with Crippen LogP contribution in [0.15, 0.2) is 15.9 Å². The Hall–Kier alpha value is -0.480. The Labute approximate surface area is 150 Å². The maximum Gasteiger partial charge on any atom is 0.236 e.